The number of benzene rings is 1. The van der Waals surface area contributed by atoms with Crippen molar-refractivity contribution in [1.29, 1.82) is 0 Å². The Labute approximate surface area is 121 Å². The van der Waals surface area contributed by atoms with E-state index in [0.717, 1.165) is 10.9 Å². The second kappa shape index (κ2) is 6.52. The van der Waals surface area contributed by atoms with Crippen molar-refractivity contribution < 1.29 is 14.7 Å². The van der Waals surface area contributed by atoms with Crippen LogP contribution in [-0.2, 0) is 16.0 Å². The fraction of sp³-hybridized carbons (Fsp3) is 0.333. The van der Waals surface area contributed by atoms with E-state index in [9.17, 15) is 9.59 Å². The average Bonchev–Trinajstić information content (AvgIpc) is 2.83. The molecule has 0 atom stereocenters. The Morgan fingerprint density at radius 1 is 1.30 bits per heavy atom. The number of rotatable bonds is 6. The molecule has 0 radical (unpaired) electrons. The molecule has 2 rings (SSSR count). The highest BCUT2D eigenvalue weighted by Crippen LogP contribution is 2.26. The highest BCUT2D eigenvalue weighted by Gasteiger charge is 2.15. The van der Waals surface area contributed by atoms with Crippen LogP contribution in [0.3, 0.4) is 0 Å². The monoisotopic (exact) mass is 291 g/mol. The standard InChI is InChI=1S/C15H17NO3S/c1-2-16(8-7-15(18)19)14(17)9-11-10-20-13-6-4-3-5-12(11)13/h3-6,10H,2,7-9H2,1H3,(H,18,19). The average molecular weight is 291 g/mol. The van der Waals surface area contributed by atoms with Crippen LogP contribution in [-0.4, -0.2) is 35.0 Å². The Balaban J connectivity index is 2.08. The number of fused-ring (bicyclic) bond motifs is 1. The fourth-order valence-electron chi connectivity index (χ4n) is 2.13. The first-order chi connectivity index (χ1) is 9.61. The van der Waals surface area contributed by atoms with Gasteiger partial charge >= 0.3 is 5.97 Å². The molecule has 0 unspecified atom stereocenters. The van der Waals surface area contributed by atoms with Crippen LogP contribution in [0, 0.1) is 0 Å². The summed E-state index contributed by atoms with van der Waals surface area (Å²) >= 11 is 1.63. The molecular formula is C15H17NO3S. The van der Waals surface area contributed by atoms with Gasteiger partial charge in [0.25, 0.3) is 0 Å². The molecule has 4 nitrogen and oxygen atoms in total. The molecule has 20 heavy (non-hydrogen) atoms. The first-order valence-corrected chi connectivity index (χ1v) is 7.44. The molecule has 1 N–H and O–H groups in total. The highest BCUT2D eigenvalue weighted by atomic mass is 32.1. The lowest BCUT2D eigenvalue weighted by Gasteiger charge is -2.19. The van der Waals surface area contributed by atoms with E-state index in [0.29, 0.717) is 13.0 Å². The third-order valence-electron chi connectivity index (χ3n) is 3.23. The van der Waals surface area contributed by atoms with Crippen molar-refractivity contribution in [2.75, 3.05) is 13.1 Å². The van der Waals surface area contributed by atoms with Crippen LogP contribution in [0.1, 0.15) is 18.9 Å². The summed E-state index contributed by atoms with van der Waals surface area (Å²) in [6.07, 6.45) is 0.321. The summed E-state index contributed by atoms with van der Waals surface area (Å²) in [4.78, 5) is 24.4. The van der Waals surface area contributed by atoms with E-state index in [1.54, 1.807) is 16.2 Å². The minimum Gasteiger partial charge on any atom is -0.481 e. The van der Waals surface area contributed by atoms with Crippen molar-refractivity contribution >= 4 is 33.3 Å². The minimum atomic E-state index is -0.878. The van der Waals surface area contributed by atoms with Crippen LogP contribution >= 0.6 is 11.3 Å². The number of thiophene rings is 1. The van der Waals surface area contributed by atoms with Crippen molar-refractivity contribution in [1.82, 2.24) is 4.90 Å². The molecule has 1 amide bonds. The molecule has 106 valence electrons. The first kappa shape index (κ1) is 14.5. The van der Waals surface area contributed by atoms with E-state index < -0.39 is 5.97 Å². The van der Waals surface area contributed by atoms with Crippen LogP contribution in [0.2, 0.25) is 0 Å². The molecule has 0 saturated carbocycles. The number of carbonyl (C=O) groups excluding carboxylic acids is 1. The van der Waals surface area contributed by atoms with Gasteiger partial charge in [-0.2, -0.15) is 0 Å². The number of likely N-dealkylation sites (N-methyl/N-ethyl adjacent to an activating group) is 1. The maximum absolute atomic E-state index is 12.2. The summed E-state index contributed by atoms with van der Waals surface area (Å²) in [7, 11) is 0. The molecule has 0 aliphatic carbocycles. The summed E-state index contributed by atoms with van der Waals surface area (Å²) in [5.74, 6) is -0.894. The fourth-order valence-corrected chi connectivity index (χ4v) is 3.10. The number of carboxylic acids is 1. The Morgan fingerprint density at radius 3 is 2.75 bits per heavy atom. The van der Waals surface area contributed by atoms with E-state index >= 15 is 0 Å². The SMILES string of the molecule is CCN(CCC(=O)O)C(=O)Cc1csc2ccccc12. The maximum atomic E-state index is 12.2. The van der Waals surface area contributed by atoms with Crippen LogP contribution in [0.15, 0.2) is 29.6 Å². The molecule has 0 fully saturated rings. The molecule has 0 bridgehead atoms. The van der Waals surface area contributed by atoms with E-state index in [1.165, 1.54) is 4.70 Å². The van der Waals surface area contributed by atoms with Gasteiger partial charge in [0, 0.05) is 17.8 Å². The quantitative estimate of drug-likeness (QED) is 0.890. The Kier molecular flexibility index (Phi) is 4.74. The molecule has 0 aliphatic heterocycles. The van der Waals surface area contributed by atoms with Crippen molar-refractivity contribution in [2.45, 2.75) is 19.8 Å². The molecule has 0 aliphatic rings. The van der Waals surface area contributed by atoms with Gasteiger partial charge in [0.2, 0.25) is 5.91 Å². The summed E-state index contributed by atoms with van der Waals surface area (Å²) in [6.45, 7) is 2.67. The van der Waals surface area contributed by atoms with E-state index in [4.69, 9.17) is 5.11 Å². The number of carboxylic acid groups (broad SMARTS) is 1. The number of hydrogen-bond donors (Lipinski definition) is 1. The topological polar surface area (TPSA) is 57.6 Å². The maximum Gasteiger partial charge on any atom is 0.305 e. The summed E-state index contributed by atoms with van der Waals surface area (Å²) in [6, 6.07) is 8.00. The van der Waals surface area contributed by atoms with Crippen molar-refractivity contribution in [3.8, 4) is 0 Å². The van der Waals surface area contributed by atoms with Gasteiger partial charge in [-0.25, -0.2) is 0 Å². The lowest BCUT2D eigenvalue weighted by Crippen LogP contribution is -2.33. The Bertz CT molecular complexity index is 620. The molecule has 5 heteroatoms. The number of hydrogen-bond acceptors (Lipinski definition) is 3. The predicted molar refractivity (Wildman–Crippen MR) is 80.0 cm³/mol. The van der Waals surface area contributed by atoms with Gasteiger partial charge < -0.3 is 10.0 Å². The number of amides is 1. The van der Waals surface area contributed by atoms with Crippen molar-refractivity contribution in [2.24, 2.45) is 0 Å². The zero-order valence-corrected chi connectivity index (χ0v) is 12.2. The minimum absolute atomic E-state index is 0.00996. The zero-order chi connectivity index (χ0) is 14.5. The van der Waals surface area contributed by atoms with E-state index in [2.05, 4.69) is 0 Å². The van der Waals surface area contributed by atoms with Crippen molar-refractivity contribution in [3.63, 3.8) is 0 Å². The van der Waals surface area contributed by atoms with Crippen LogP contribution < -0.4 is 0 Å². The molecule has 0 spiro atoms. The van der Waals surface area contributed by atoms with Gasteiger partial charge in [0.1, 0.15) is 0 Å². The smallest absolute Gasteiger partial charge is 0.305 e. The van der Waals surface area contributed by atoms with E-state index in [-0.39, 0.29) is 18.9 Å². The van der Waals surface area contributed by atoms with Gasteiger partial charge in [-0.1, -0.05) is 18.2 Å². The lowest BCUT2D eigenvalue weighted by molar-refractivity contribution is -0.138. The number of nitrogens with zero attached hydrogens (tertiary/aromatic N) is 1. The predicted octanol–water partition coefficient (Wildman–Crippen LogP) is 2.77. The molecule has 2 aromatic rings. The molecule has 1 aromatic heterocycles. The summed E-state index contributed by atoms with van der Waals surface area (Å²) in [5.41, 5.74) is 1.02. The second-order valence-electron chi connectivity index (χ2n) is 4.55. The largest absolute Gasteiger partial charge is 0.481 e. The lowest BCUT2D eigenvalue weighted by atomic mass is 10.1. The van der Waals surface area contributed by atoms with Gasteiger partial charge in [0.15, 0.2) is 0 Å². The third kappa shape index (κ3) is 3.36. The van der Waals surface area contributed by atoms with Crippen LogP contribution in [0.4, 0.5) is 0 Å². The van der Waals surface area contributed by atoms with Gasteiger partial charge in [0.05, 0.1) is 12.8 Å². The normalized spacial score (nSPS) is 10.7. The second-order valence-corrected chi connectivity index (χ2v) is 5.46. The first-order valence-electron chi connectivity index (χ1n) is 6.56. The number of carbonyl (C=O) groups is 2. The van der Waals surface area contributed by atoms with E-state index in [1.807, 2.05) is 36.6 Å². The number of aliphatic carboxylic acids is 1. The summed E-state index contributed by atoms with van der Waals surface area (Å²) in [5, 5.41) is 11.8. The highest BCUT2D eigenvalue weighted by molar-refractivity contribution is 7.17. The zero-order valence-electron chi connectivity index (χ0n) is 11.3. The molecular weight excluding hydrogens is 274 g/mol. The van der Waals surface area contributed by atoms with Crippen LogP contribution in [0.25, 0.3) is 10.1 Å². The molecule has 0 saturated heterocycles. The van der Waals surface area contributed by atoms with Gasteiger partial charge in [-0.15, -0.1) is 11.3 Å². The Morgan fingerprint density at radius 2 is 2.05 bits per heavy atom. The summed E-state index contributed by atoms with van der Waals surface area (Å²) < 4.78 is 1.17. The molecule has 1 aromatic carbocycles. The van der Waals surface area contributed by atoms with Crippen LogP contribution in [0.5, 0.6) is 0 Å². The Hall–Kier alpha value is -1.88. The molecule has 1 heterocycles. The van der Waals surface area contributed by atoms with Gasteiger partial charge in [-0.05, 0) is 29.3 Å². The van der Waals surface area contributed by atoms with Crippen molar-refractivity contribution in [3.05, 3.63) is 35.2 Å². The third-order valence-corrected chi connectivity index (χ3v) is 4.25. The van der Waals surface area contributed by atoms with Gasteiger partial charge in [-0.3, -0.25) is 9.59 Å².